The Labute approximate surface area is 215 Å². The van der Waals surface area contributed by atoms with E-state index in [-0.39, 0.29) is 11.9 Å². The fourth-order valence-corrected chi connectivity index (χ4v) is 3.40. The zero-order chi connectivity index (χ0) is 25.9. The number of hydrogen-bond donors (Lipinski definition) is 1. The molecule has 7 nitrogen and oxygen atoms in total. The van der Waals surface area contributed by atoms with Crippen molar-refractivity contribution in [2.75, 3.05) is 7.11 Å². The first-order valence-corrected chi connectivity index (χ1v) is 11.6. The average molecular weight is 495 g/mol. The number of esters is 1. The highest BCUT2D eigenvalue weighted by Crippen LogP contribution is 2.18. The minimum atomic E-state index is -0.385. The summed E-state index contributed by atoms with van der Waals surface area (Å²) in [6, 6.07) is 31.1. The molecule has 4 rings (SSSR count). The molecule has 0 bridgehead atoms. The maximum Gasteiger partial charge on any atom is 0.337 e. The molecule has 186 valence electrons. The summed E-state index contributed by atoms with van der Waals surface area (Å²) in [6.45, 7) is 0.718. The van der Waals surface area contributed by atoms with Gasteiger partial charge in [0.25, 0.3) is 5.91 Å². The Morgan fingerprint density at radius 2 is 1.32 bits per heavy atom. The molecule has 0 atom stereocenters. The number of methoxy groups -OCH3 is 1. The van der Waals surface area contributed by atoms with Crippen LogP contribution in [0.3, 0.4) is 0 Å². The number of carbonyl (C=O) groups excluding carboxylic acids is 2. The van der Waals surface area contributed by atoms with Crippen molar-refractivity contribution in [3.63, 3.8) is 0 Å². The van der Waals surface area contributed by atoms with Gasteiger partial charge in [0.15, 0.2) is 0 Å². The number of carbonyl (C=O) groups is 2. The molecule has 0 radical (unpaired) electrons. The van der Waals surface area contributed by atoms with E-state index in [2.05, 4.69) is 10.5 Å². The van der Waals surface area contributed by atoms with Crippen LogP contribution in [0, 0.1) is 0 Å². The van der Waals surface area contributed by atoms with E-state index in [0.29, 0.717) is 35.7 Å². The molecule has 0 aliphatic carbocycles. The van der Waals surface area contributed by atoms with Crippen LogP contribution in [-0.2, 0) is 18.0 Å². The van der Waals surface area contributed by atoms with Crippen LogP contribution in [0.2, 0.25) is 0 Å². The Bertz CT molecular complexity index is 1350. The topological polar surface area (TPSA) is 86.2 Å². The zero-order valence-corrected chi connectivity index (χ0v) is 20.3. The van der Waals surface area contributed by atoms with Gasteiger partial charge in [-0.2, -0.15) is 5.10 Å². The summed E-state index contributed by atoms with van der Waals surface area (Å²) in [4.78, 5) is 24.1. The Morgan fingerprint density at radius 1 is 0.730 bits per heavy atom. The van der Waals surface area contributed by atoms with Crippen LogP contribution in [0.15, 0.2) is 108 Å². The molecule has 4 aromatic rings. The number of hydrazone groups is 1. The van der Waals surface area contributed by atoms with E-state index in [1.165, 1.54) is 13.3 Å². The van der Waals surface area contributed by atoms with E-state index in [1.54, 1.807) is 24.3 Å². The molecule has 0 aromatic heterocycles. The number of amides is 1. The summed E-state index contributed by atoms with van der Waals surface area (Å²) >= 11 is 0. The highest BCUT2D eigenvalue weighted by atomic mass is 16.5. The molecule has 0 fully saturated rings. The maximum atomic E-state index is 12.5. The van der Waals surface area contributed by atoms with E-state index in [1.807, 2.05) is 78.9 Å². The normalized spacial score (nSPS) is 10.6. The van der Waals surface area contributed by atoms with Crippen molar-refractivity contribution in [1.82, 2.24) is 5.43 Å². The van der Waals surface area contributed by atoms with Crippen molar-refractivity contribution in [3.8, 4) is 11.5 Å². The number of rotatable bonds is 10. The lowest BCUT2D eigenvalue weighted by molar-refractivity contribution is 0.0600. The van der Waals surface area contributed by atoms with Crippen LogP contribution >= 0.6 is 0 Å². The largest absolute Gasteiger partial charge is 0.489 e. The van der Waals surface area contributed by atoms with Gasteiger partial charge in [-0.05, 0) is 59.7 Å². The fourth-order valence-electron chi connectivity index (χ4n) is 3.40. The smallest absolute Gasteiger partial charge is 0.337 e. The average Bonchev–Trinajstić information content (AvgIpc) is 2.96. The van der Waals surface area contributed by atoms with Crippen LogP contribution in [0.4, 0.5) is 0 Å². The fraction of sp³-hybridized carbons (Fsp3) is 0.100. The molecule has 0 aliphatic heterocycles. The number of nitrogens with one attached hydrogen (secondary N) is 1. The molecule has 7 heteroatoms. The van der Waals surface area contributed by atoms with Crippen molar-refractivity contribution in [3.05, 3.63) is 131 Å². The summed E-state index contributed by atoms with van der Waals surface area (Å²) in [7, 11) is 1.35. The number of para-hydroxylation sites is 2. The van der Waals surface area contributed by atoms with E-state index in [0.717, 1.165) is 16.9 Å². The Morgan fingerprint density at radius 3 is 2.00 bits per heavy atom. The first-order chi connectivity index (χ1) is 18.1. The van der Waals surface area contributed by atoms with Gasteiger partial charge in [0, 0.05) is 11.1 Å². The minimum absolute atomic E-state index is 0.305. The van der Waals surface area contributed by atoms with Crippen LogP contribution in [0.25, 0.3) is 0 Å². The maximum absolute atomic E-state index is 12.5. The lowest BCUT2D eigenvalue weighted by Crippen LogP contribution is -2.17. The molecule has 1 amide bonds. The molecule has 0 saturated carbocycles. The molecule has 0 heterocycles. The third-order valence-corrected chi connectivity index (χ3v) is 5.42. The van der Waals surface area contributed by atoms with Crippen molar-refractivity contribution in [1.29, 1.82) is 0 Å². The Hall–Kier alpha value is -4.91. The van der Waals surface area contributed by atoms with E-state index in [9.17, 15) is 9.59 Å². The zero-order valence-electron chi connectivity index (χ0n) is 20.3. The lowest BCUT2D eigenvalue weighted by atomic mass is 10.1. The Kier molecular flexibility index (Phi) is 8.64. The van der Waals surface area contributed by atoms with Crippen LogP contribution in [-0.4, -0.2) is 25.2 Å². The van der Waals surface area contributed by atoms with Crippen LogP contribution < -0.4 is 14.9 Å². The first kappa shape index (κ1) is 25.2. The highest BCUT2D eigenvalue weighted by molar-refractivity contribution is 5.95. The number of nitrogens with zero attached hydrogens (tertiary/aromatic N) is 1. The summed E-state index contributed by atoms with van der Waals surface area (Å²) in [5.74, 6) is 0.694. The summed E-state index contributed by atoms with van der Waals surface area (Å²) < 4.78 is 16.4. The molecular formula is C30H26N2O5. The second kappa shape index (κ2) is 12.7. The molecule has 0 spiro atoms. The minimum Gasteiger partial charge on any atom is -0.489 e. The highest BCUT2D eigenvalue weighted by Gasteiger charge is 2.07. The van der Waals surface area contributed by atoms with Gasteiger partial charge in [-0.25, -0.2) is 10.2 Å². The predicted molar refractivity (Wildman–Crippen MR) is 141 cm³/mol. The molecule has 0 unspecified atom stereocenters. The standard InChI is InChI=1S/C30H26N2O5/c1-35-30(34)25-17-13-23(14-18-25)21-37-28-10-6-5-7-26(28)19-31-32-29(33)24-15-11-22(12-16-24)20-36-27-8-3-2-4-9-27/h2-19H,20-21H2,1H3,(H,32,33)/b31-19-. The van der Waals surface area contributed by atoms with E-state index in [4.69, 9.17) is 14.2 Å². The first-order valence-electron chi connectivity index (χ1n) is 11.6. The second-order valence-corrected chi connectivity index (χ2v) is 8.01. The van der Waals surface area contributed by atoms with Gasteiger partial charge in [0.2, 0.25) is 0 Å². The number of benzene rings is 4. The van der Waals surface area contributed by atoms with Crippen molar-refractivity contribution in [2.24, 2.45) is 5.10 Å². The summed E-state index contributed by atoms with van der Waals surface area (Å²) in [5.41, 5.74) is 6.07. The monoisotopic (exact) mass is 494 g/mol. The van der Waals surface area contributed by atoms with Crippen LogP contribution in [0.5, 0.6) is 11.5 Å². The lowest BCUT2D eigenvalue weighted by Gasteiger charge is -2.09. The van der Waals surface area contributed by atoms with Gasteiger partial charge in [-0.1, -0.05) is 54.6 Å². The SMILES string of the molecule is COC(=O)c1ccc(COc2ccccc2/C=N\NC(=O)c2ccc(COc3ccccc3)cc2)cc1. The molecule has 0 aliphatic rings. The van der Waals surface area contributed by atoms with Crippen LogP contribution in [0.1, 0.15) is 37.4 Å². The molecule has 0 saturated heterocycles. The van der Waals surface area contributed by atoms with Crippen molar-refractivity contribution in [2.45, 2.75) is 13.2 Å². The Balaban J connectivity index is 1.30. The number of hydrogen-bond acceptors (Lipinski definition) is 6. The molecule has 4 aromatic carbocycles. The van der Waals surface area contributed by atoms with Crippen molar-refractivity contribution >= 4 is 18.1 Å². The summed E-state index contributed by atoms with van der Waals surface area (Å²) in [6.07, 6.45) is 1.54. The van der Waals surface area contributed by atoms with Gasteiger partial charge in [-0.3, -0.25) is 4.79 Å². The molecular weight excluding hydrogens is 468 g/mol. The number of ether oxygens (including phenoxy) is 3. The van der Waals surface area contributed by atoms with Gasteiger partial charge < -0.3 is 14.2 Å². The van der Waals surface area contributed by atoms with Crippen molar-refractivity contribution < 1.29 is 23.8 Å². The molecule has 37 heavy (non-hydrogen) atoms. The van der Waals surface area contributed by atoms with Gasteiger partial charge in [0.1, 0.15) is 24.7 Å². The third-order valence-electron chi connectivity index (χ3n) is 5.42. The van der Waals surface area contributed by atoms with E-state index >= 15 is 0 Å². The van der Waals surface area contributed by atoms with Gasteiger partial charge in [-0.15, -0.1) is 0 Å². The van der Waals surface area contributed by atoms with Gasteiger partial charge in [0.05, 0.1) is 18.9 Å². The van der Waals surface area contributed by atoms with E-state index < -0.39 is 0 Å². The molecule has 1 N–H and O–H groups in total. The van der Waals surface area contributed by atoms with Gasteiger partial charge >= 0.3 is 5.97 Å². The predicted octanol–water partition coefficient (Wildman–Crippen LogP) is 5.40. The quantitative estimate of drug-likeness (QED) is 0.181. The summed E-state index contributed by atoms with van der Waals surface area (Å²) in [5, 5.41) is 4.09. The third kappa shape index (κ3) is 7.29. The second-order valence-electron chi connectivity index (χ2n) is 8.01.